The minimum absolute atomic E-state index is 0.107. The number of amides is 1. The molecule has 2 fully saturated rings. The normalized spacial score (nSPS) is 33.2. The molecule has 1 heterocycles. The lowest BCUT2D eigenvalue weighted by molar-refractivity contribution is -0.119. The van der Waals surface area contributed by atoms with Gasteiger partial charge in [0.15, 0.2) is 0 Å². The molecule has 1 aromatic carbocycles. The Bertz CT molecular complexity index is 505. The topological polar surface area (TPSA) is 20.3 Å². The molecule has 88 valence electrons. The molecule has 4 rings (SSSR count). The number of fused-ring (bicyclic) bond motifs is 3. The zero-order valence-corrected chi connectivity index (χ0v) is 10.1. The van der Waals surface area contributed by atoms with Crippen LogP contribution in [0.5, 0.6) is 0 Å². The average Bonchev–Trinajstić information content (AvgIpc) is 3.19. The van der Waals surface area contributed by atoms with Crippen molar-refractivity contribution in [1.82, 2.24) is 0 Å². The van der Waals surface area contributed by atoms with E-state index in [2.05, 4.69) is 30.0 Å². The van der Waals surface area contributed by atoms with Gasteiger partial charge in [0, 0.05) is 18.0 Å². The molecule has 2 unspecified atom stereocenters. The van der Waals surface area contributed by atoms with E-state index in [-0.39, 0.29) is 5.54 Å². The molecule has 1 aliphatic heterocycles. The molecule has 0 radical (unpaired) electrons. The summed E-state index contributed by atoms with van der Waals surface area (Å²) >= 11 is 0. The highest BCUT2D eigenvalue weighted by Crippen LogP contribution is 2.64. The van der Waals surface area contributed by atoms with Crippen LogP contribution in [0.4, 0.5) is 5.69 Å². The van der Waals surface area contributed by atoms with E-state index in [1.54, 1.807) is 0 Å². The number of carbonyl (C=O) groups is 1. The predicted molar refractivity (Wildman–Crippen MR) is 67.0 cm³/mol. The quantitative estimate of drug-likeness (QED) is 0.760. The summed E-state index contributed by atoms with van der Waals surface area (Å²) in [6.07, 6.45) is 4.42. The molecule has 2 nitrogen and oxygen atoms in total. The standard InChI is InChI=1S/C15H17NO/c1-15-9-12(15)11-4-2-3-5-13(11)16(15)14(17)8-10-6-7-10/h2-5,10,12H,6-9H2,1H3. The highest BCUT2D eigenvalue weighted by Gasteiger charge is 2.62. The van der Waals surface area contributed by atoms with Crippen LogP contribution in [-0.2, 0) is 4.79 Å². The van der Waals surface area contributed by atoms with Gasteiger partial charge in [0.2, 0.25) is 5.91 Å². The first kappa shape index (κ1) is 9.69. The molecule has 0 saturated heterocycles. The number of benzene rings is 1. The third-order valence-electron chi connectivity index (χ3n) is 4.68. The summed E-state index contributed by atoms with van der Waals surface area (Å²) in [7, 11) is 0. The Labute approximate surface area is 102 Å². The molecule has 1 amide bonds. The minimum Gasteiger partial charge on any atom is -0.306 e. The van der Waals surface area contributed by atoms with E-state index in [0.29, 0.717) is 17.7 Å². The van der Waals surface area contributed by atoms with Gasteiger partial charge in [-0.25, -0.2) is 0 Å². The van der Waals surface area contributed by atoms with Crippen LogP contribution in [0.15, 0.2) is 24.3 Å². The lowest BCUT2D eigenvalue weighted by Crippen LogP contribution is -2.39. The largest absolute Gasteiger partial charge is 0.306 e. The maximum absolute atomic E-state index is 12.4. The van der Waals surface area contributed by atoms with Crippen LogP contribution >= 0.6 is 0 Å². The van der Waals surface area contributed by atoms with Gasteiger partial charge in [-0.1, -0.05) is 18.2 Å². The van der Waals surface area contributed by atoms with Gasteiger partial charge in [-0.2, -0.15) is 0 Å². The molecular weight excluding hydrogens is 210 g/mol. The molecule has 1 aromatic rings. The third kappa shape index (κ3) is 1.24. The van der Waals surface area contributed by atoms with Gasteiger partial charge >= 0.3 is 0 Å². The van der Waals surface area contributed by atoms with Crippen molar-refractivity contribution in [3.8, 4) is 0 Å². The summed E-state index contributed by atoms with van der Waals surface area (Å²) < 4.78 is 0. The second kappa shape index (κ2) is 2.92. The molecule has 0 bridgehead atoms. The third-order valence-corrected chi connectivity index (χ3v) is 4.68. The second-order valence-electron chi connectivity index (χ2n) is 6.05. The molecule has 17 heavy (non-hydrogen) atoms. The van der Waals surface area contributed by atoms with Gasteiger partial charge in [-0.05, 0) is 43.7 Å². The number of hydrogen-bond donors (Lipinski definition) is 0. The number of rotatable bonds is 2. The van der Waals surface area contributed by atoms with Gasteiger partial charge in [0.25, 0.3) is 0 Å². The molecule has 2 atom stereocenters. The number of nitrogens with zero attached hydrogens (tertiary/aromatic N) is 1. The Morgan fingerprint density at radius 1 is 1.41 bits per heavy atom. The van der Waals surface area contributed by atoms with Crippen LogP contribution in [0.3, 0.4) is 0 Å². The van der Waals surface area contributed by atoms with Crippen LogP contribution in [0.25, 0.3) is 0 Å². The van der Waals surface area contributed by atoms with Crippen LogP contribution in [-0.4, -0.2) is 11.4 Å². The van der Waals surface area contributed by atoms with Gasteiger partial charge < -0.3 is 4.90 Å². The van der Waals surface area contributed by atoms with Crippen LogP contribution in [0, 0.1) is 5.92 Å². The Morgan fingerprint density at radius 2 is 2.18 bits per heavy atom. The van der Waals surface area contributed by atoms with E-state index in [1.807, 2.05) is 6.07 Å². The molecular formula is C15H17NO. The molecule has 2 saturated carbocycles. The monoisotopic (exact) mass is 227 g/mol. The van der Waals surface area contributed by atoms with Gasteiger partial charge in [-0.15, -0.1) is 0 Å². The molecule has 0 aromatic heterocycles. The first-order valence-corrected chi connectivity index (χ1v) is 6.62. The van der Waals surface area contributed by atoms with Crippen LogP contribution in [0.2, 0.25) is 0 Å². The average molecular weight is 227 g/mol. The van der Waals surface area contributed by atoms with E-state index in [1.165, 1.54) is 24.1 Å². The summed E-state index contributed by atoms with van der Waals surface area (Å²) in [4.78, 5) is 14.5. The number of carbonyl (C=O) groups excluding carboxylic acids is 1. The van der Waals surface area contributed by atoms with E-state index < -0.39 is 0 Å². The molecule has 2 heteroatoms. The van der Waals surface area contributed by atoms with Crippen molar-refractivity contribution in [3.05, 3.63) is 29.8 Å². The fourth-order valence-electron chi connectivity index (χ4n) is 3.39. The Hall–Kier alpha value is -1.31. The fourth-order valence-corrected chi connectivity index (χ4v) is 3.39. The summed E-state index contributed by atoms with van der Waals surface area (Å²) in [6.45, 7) is 2.24. The first-order valence-electron chi connectivity index (χ1n) is 6.62. The van der Waals surface area contributed by atoms with Gasteiger partial charge in [0.1, 0.15) is 0 Å². The predicted octanol–water partition coefficient (Wildman–Crippen LogP) is 3.08. The summed E-state index contributed by atoms with van der Waals surface area (Å²) in [6, 6.07) is 8.43. The fraction of sp³-hybridized carbons (Fsp3) is 0.533. The van der Waals surface area contributed by atoms with Crippen LogP contribution in [0.1, 0.15) is 44.1 Å². The molecule has 2 aliphatic carbocycles. The van der Waals surface area contributed by atoms with E-state index in [9.17, 15) is 4.79 Å². The van der Waals surface area contributed by atoms with Crippen molar-refractivity contribution >= 4 is 11.6 Å². The van der Waals surface area contributed by atoms with E-state index in [0.717, 1.165) is 12.8 Å². The Balaban J connectivity index is 1.72. The second-order valence-corrected chi connectivity index (χ2v) is 6.05. The zero-order valence-electron chi connectivity index (χ0n) is 10.1. The van der Waals surface area contributed by atoms with Gasteiger partial charge in [-0.3, -0.25) is 4.79 Å². The Kier molecular flexibility index (Phi) is 1.67. The summed E-state index contributed by atoms with van der Waals surface area (Å²) in [5.41, 5.74) is 2.67. The molecule has 0 N–H and O–H groups in total. The van der Waals surface area contributed by atoms with Crippen molar-refractivity contribution < 1.29 is 4.79 Å². The van der Waals surface area contributed by atoms with Crippen LogP contribution < -0.4 is 4.90 Å². The van der Waals surface area contributed by atoms with Crippen molar-refractivity contribution in [2.24, 2.45) is 5.92 Å². The Morgan fingerprint density at radius 3 is 2.94 bits per heavy atom. The highest BCUT2D eigenvalue weighted by atomic mass is 16.2. The maximum Gasteiger partial charge on any atom is 0.227 e. The maximum atomic E-state index is 12.4. The smallest absolute Gasteiger partial charge is 0.227 e. The number of anilines is 1. The van der Waals surface area contributed by atoms with E-state index >= 15 is 0 Å². The van der Waals surface area contributed by atoms with E-state index in [4.69, 9.17) is 0 Å². The number of hydrogen-bond acceptors (Lipinski definition) is 1. The molecule has 0 spiro atoms. The lowest BCUT2D eigenvalue weighted by atomic mass is 10.1. The summed E-state index contributed by atoms with van der Waals surface area (Å²) in [5.74, 6) is 1.63. The van der Waals surface area contributed by atoms with Crippen molar-refractivity contribution in [3.63, 3.8) is 0 Å². The van der Waals surface area contributed by atoms with Gasteiger partial charge in [0.05, 0.1) is 5.54 Å². The highest BCUT2D eigenvalue weighted by molar-refractivity contribution is 5.99. The van der Waals surface area contributed by atoms with Crippen molar-refractivity contribution in [2.45, 2.75) is 44.1 Å². The first-order chi connectivity index (χ1) is 8.20. The van der Waals surface area contributed by atoms with Crippen molar-refractivity contribution in [1.29, 1.82) is 0 Å². The minimum atomic E-state index is 0.107. The summed E-state index contributed by atoms with van der Waals surface area (Å²) in [5, 5.41) is 0. The SMILES string of the molecule is CC12CC1c1ccccc1N2C(=O)CC1CC1. The van der Waals surface area contributed by atoms with Crippen molar-refractivity contribution in [2.75, 3.05) is 4.90 Å². The number of para-hydroxylation sites is 1. The lowest BCUT2D eigenvalue weighted by Gasteiger charge is -2.26. The molecule has 3 aliphatic rings. The zero-order chi connectivity index (χ0) is 11.6.